The highest BCUT2D eigenvalue weighted by Crippen LogP contribution is 2.54. The van der Waals surface area contributed by atoms with Crippen LogP contribution in [0.4, 0.5) is 5.69 Å². The van der Waals surface area contributed by atoms with E-state index < -0.39 is 38.9 Å². The summed E-state index contributed by atoms with van der Waals surface area (Å²) >= 11 is 0. The number of likely N-dealkylation sites (N-methyl/N-ethyl adjacent to an activating group) is 1. The first-order valence-electron chi connectivity index (χ1n) is 13.9. The molecule has 1 aromatic heterocycles. The Morgan fingerprint density at radius 3 is 2.33 bits per heavy atom. The van der Waals surface area contributed by atoms with Crippen molar-refractivity contribution < 1.29 is 27.9 Å². The predicted molar refractivity (Wildman–Crippen MR) is 155 cm³/mol. The highest BCUT2D eigenvalue weighted by atomic mass is 32.2. The van der Waals surface area contributed by atoms with Crippen LogP contribution in [0.5, 0.6) is 0 Å². The molecule has 1 spiro atoms. The standard InChI is InChI=1S/C31H30N4O6S/c1-2-34-25-11-5-4-10-24(25)31(30(34)39)26(28(37)29(38)35(31)20-21-9-8-16-32-19-21)27(36)22-12-14-23(15-13-22)42(40,41)33-17-6-3-7-18-33/h4-5,8-16,19,36H,2-3,6-7,17-18,20H2,1H3/b27-26+. The van der Waals surface area contributed by atoms with Crippen LogP contribution in [0.1, 0.15) is 42.9 Å². The van der Waals surface area contributed by atoms with E-state index in [-0.39, 0.29) is 29.1 Å². The number of sulfonamides is 1. The van der Waals surface area contributed by atoms with Gasteiger partial charge >= 0.3 is 0 Å². The summed E-state index contributed by atoms with van der Waals surface area (Å²) in [5.74, 6) is -3.00. The third-order valence-electron chi connectivity index (χ3n) is 8.27. The van der Waals surface area contributed by atoms with Crippen molar-refractivity contribution in [3.8, 4) is 0 Å². The third-order valence-corrected chi connectivity index (χ3v) is 10.2. The van der Waals surface area contributed by atoms with Crippen LogP contribution in [0, 0.1) is 0 Å². The van der Waals surface area contributed by atoms with Crippen molar-refractivity contribution in [1.29, 1.82) is 0 Å². The number of aromatic nitrogens is 1. The molecule has 2 amide bonds. The molecule has 42 heavy (non-hydrogen) atoms. The first-order valence-corrected chi connectivity index (χ1v) is 15.4. The molecule has 3 aliphatic rings. The fourth-order valence-electron chi connectivity index (χ4n) is 6.26. The van der Waals surface area contributed by atoms with Crippen molar-refractivity contribution in [2.75, 3.05) is 24.5 Å². The van der Waals surface area contributed by atoms with E-state index in [1.54, 1.807) is 55.7 Å². The number of hydrogen-bond acceptors (Lipinski definition) is 7. The summed E-state index contributed by atoms with van der Waals surface area (Å²) in [5.41, 5.74) is -0.601. The number of carbonyl (C=O) groups excluding carboxylic acids is 3. The quantitative estimate of drug-likeness (QED) is 0.266. The Hall–Kier alpha value is -4.35. The van der Waals surface area contributed by atoms with Gasteiger partial charge in [-0.05, 0) is 61.7 Å². The van der Waals surface area contributed by atoms with Gasteiger partial charge in [-0.3, -0.25) is 19.4 Å². The van der Waals surface area contributed by atoms with Gasteiger partial charge in [-0.2, -0.15) is 4.31 Å². The molecule has 2 aromatic carbocycles. The summed E-state index contributed by atoms with van der Waals surface area (Å²) in [7, 11) is -3.73. The van der Waals surface area contributed by atoms with Crippen LogP contribution < -0.4 is 4.90 Å². The highest BCUT2D eigenvalue weighted by Gasteiger charge is 2.67. The monoisotopic (exact) mass is 586 g/mol. The van der Waals surface area contributed by atoms with Gasteiger partial charge in [0.1, 0.15) is 5.76 Å². The molecular weight excluding hydrogens is 556 g/mol. The second-order valence-electron chi connectivity index (χ2n) is 10.6. The lowest BCUT2D eigenvalue weighted by molar-refractivity contribution is -0.144. The molecule has 10 nitrogen and oxygen atoms in total. The maximum Gasteiger partial charge on any atom is 0.296 e. The minimum atomic E-state index is -3.73. The zero-order valence-electron chi connectivity index (χ0n) is 23.1. The van der Waals surface area contributed by atoms with Crippen LogP contribution in [0.15, 0.2) is 83.5 Å². The second-order valence-corrected chi connectivity index (χ2v) is 12.5. The minimum Gasteiger partial charge on any atom is -0.507 e. The van der Waals surface area contributed by atoms with E-state index >= 15 is 0 Å². The predicted octanol–water partition coefficient (Wildman–Crippen LogP) is 3.40. The van der Waals surface area contributed by atoms with Crippen LogP contribution in [-0.2, 0) is 36.5 Å². The summed E-state index contributed by atoms with van der Waals surface area (Å²) in [6, 6.07) is 15.9. The van der Waals surface area contributed by atoms with Crippen molar-refractivity contribution in [3.05, 3.63) is 95.3 Å². The number of likely N-dealkylation sites (tertiary alicyclic amines) is 1. The van der Waals surface area contributed by atoms with Gasteiger partial charge in [0.25, 0.3) is 17.6 Å². The van der Waals surface area contributed by atoms with Crippen molar-refractivity contribution in [2.45, 2.75) is 43.2 Å². The van der Waals surface area contributed by atoms with Crippen LogP contribution in [0.2, 0.25) is 0 Å². The Morgan fingerprint density at radius 1 is 0.952 bits per heavy atom. The fraction of sp³-hybridized carbons (Fsp3) is 0.290. The SMILES string of the molecule is CCN1C(=O)C2(/C(=C(/O)c3ccc(S(=O)(=O)N4CCCCC4)cc3)C(=O)C(=O)N2Cc2cccnc2)c2ccccc21. The molecule has 1 atom stereocenters. The van der Waals surface area contributed by atoms with Gasteiger partial charge < -0.3 is 14.9 Å². The van der Waals surface area contributed by atoms with Crippen molar-refractivity contribution in [1.82, 2.24) is 14.2 Å². The smallest absolute Gasteiger partial charge is 0.296 e. The van der Waals surface area contributed by atoms with Gasteiger partial charge in [0.2, 0.25) is 10.0 Å². The normalized spacial score (nSPS) is 22.3. The number of ketones is 1. The number of para-hydroxylation sites is 1. The molecule has 3 aromatic rings. The number of anilines is 1. The molecule has 1 unspecified atom stereocenters. The van der Waals surface area contributed by atoms with Gasteiger partial charge in [-0.15, -0.1) is 0 Å². The number of aliphatic hydroxyl groups excluding tert-OH is 1. The number of nitrogens with zero attached hydrogens (tertiary/aromatic N) is 4. The number of fused-ring (bicyclic) bond motifs is 2. The second kappa shape index (κ2) is 10.5. The summed E-state index contributed by atoms with van der Waals surface area (Å²) in [6.07, 6.45) is 5.70. The lowest BCUT2D eigenvalue weighted by Gasteiger charge is -2.34. The van der Waals surface area contributed by atoms with Gasteiger partial charge in [-0.25, -0.2) is 8.42 Å². The van der Waals surface area contributed by atoms with Crippen LogP contribution in [0.3, 0.4) is 0 Å². The Morgan fingerprint density at radius 2 is 1.67 bits per heavy atom. The first kappa shape index (κ1) is 27.8. The maximum absolute atomic E-state index is 14.4. The lowest BCUT2D eigenvalue weighted by Crippen LogP contribution is -2.51. The number of carbonyl (C=O) groups is 3. The minimum absolute atomic E-state index is 0.0622. The topological polar surface area (TPSA) is 128 Å². The first-order chi connectivity index (χ1) is 20.2. The Bertz CT molecular complexity index is 1720. The Balaban J connectivity index is 1.52. The summed E-state index contributed by atoms with van der Waals surface area (Å²) in [5, 5.41) is 11.7. The highest BCUT2D eigenvalue weighted by molar-refractivity contribution is 7.89. The van der Waals surface area contributed by atoms with E-state index in [1.807, 2.05) is 0 Å². The van der Waals surface area contributed by atoms with Crippen molar-refractivity contribution in [3.63, 3.8) is 0 Å². The molecule has 2 fully saturated rings. The number of aliphatic hydroxyl groups is 1. The van der Waals surface area contributed by atoms with Crippen LogP contribution >= 0.6 is 0 Å². The van der Waals surface area contributed by atoms with Gasteiger partial charge in [0, 0.05) is 49.7 Å². The molecule has 1 N–H and O–H groups in total. The van der Waals surface area contributed by atoms with Crippen LogP contribution in [-0.4, -0.2) is 64.9 Å². The Labute approximate surface area is 243 Å². The molecule has 0 aliphatic carbocycles. The molecule has 0 saturated carbocycles. The molecule has 3 aliphatic heterocycles. The number of Topliss-reactive ketones (excluding diaryl/α,β-unsaturated/α-hetero) is 1. The summed E-state index contributed by atoms with van der Waals surface area (Å²) < 4.78 is 27.8. The van der Waals surface area contributed by atoms with E-state index in [0.717, 1.165) is 19.3 Å². The number of hydrogen-bond donors (Lipinski definition) is 1. The Kier molecular flexibility index (Phi) is 6.94. The molecule has 4 heterocycles. The number of benzene rings is 2. The number of pyridine rings is 1. The molecule has 6 rings (SSSR count). The molecule has 0 bridgehead atoms. The van der Waals surface area contributed by atoms with Crippen LogP contribution in [0.25, 0.3) is 5.76 Å². The molecule has 0 radical (unpaired) electrons. The van der Waals surface area contributed by atoms with E-state index in [2.05, 4.69) is 4.98 Å². The van der Waals surface area contributed by atoms with Gasteiger partial charge in [0.05, 0.1) is 16.2 Å². The number of piperidine rings is 1. The van der Waals surface area contributed by atoms with Gasteiger partial charge in [-0.1, -0.05) is 30.7 Å². The van der Waals surface area contributed by atoms with E-state index in [9.17, 15) is 27.9 Å². The summed E-state index contributed by atoms with van der Waals surface area (Å²) in [4.78, 5) is 48.7. The summed E-state index contributed by atoms with van der Waals surface area (Å²) in [6.45, 7) is 2.86. The zero-order chi connectivity index (χ0) is 29.6. The van der Waals surface area contributed by atoms with E-state index in [0.29, 0.717) is 29.9 Å². The molecule has 2 saturated heterocycles. The van der Waals surface area contributed by atoms with E-state index in [1.165, 1.54) is 38.4 Å². The average Bonchev–Trinajstić information content (AvgIpc) is 3.40. The fourth-order valence-corrected chi connectivity index (χ4v) is 7.78. The zero-order valence-corrected chi connectivity index (χ0v) is 23.9. The molecule has 216 valence electrons. The lowest BCUT2D eigenvalue weighted by atomic mass is 9.81. The maximum atomic E-state index is 14.4. The third kappa shape index (κ3) is 4.06. The van der Waals surface area contributed by atoms with Gasteiger partial charge in [0.15, 0.2) is 5.54 Å². The molecule has 11 heteroatoms. The van der Waals surface area contributed by atoms with E-state index in [4.69, 9.17) is 0 Å². The van der Waals surface area contributed by atoms with Crippen molar-refractivity contribution >= 4 is 39.1 Å². The number of rotatable bonds is 6. The average molecular weight is 587 g/mol. The number of amides is 2. The van der Waals surface area contributed by atoms with Crippen molar-refractivity contribution in [2.24, 2.45) is 0 Å². The largest absolute Gasteiger partial charge is 0.507 e. The molecular formula is C31H30N4O6S.